The average molecular weight is 384 g/mol. The van der Waals surface area contributed by atoms with Gasteiger partial charge >= 0.3 is 0 Å². The second-order valence-electron chi connectivity index (χ2n) is 6.25. The predicted octanol–water partition coefficient (Wildman–Crippen LogP) is 6.63. The van der Waals surface area contributed by atoms with E-state index in [1.165, 1.54) is 0 Å². The van der Waals surface area contributed by atoms with E-state index in [0.29, 0.717) is 16.1 Å². The van der Waals surface area contributed by atoms with Crippen LogP contribution in [0.3, 0.4) is 0 Å². The zero-order valence-corrected chi connectivity index (χ0v) is 16.6. The van der Waals surface area contributed by atoms with Gasteiger partial charge < -0.3 is 0 Å². The number of hydrogen-bond donors (Lipinski definition) is 0. The van der Waals surface area contributed by atoms with Crippen LogP contribution in [0.15, 0.2) is 78.4 Å². The van der Waals surface area contributed by atoms with Gasteiger partial charge in [0.25, 0.3) is 0 Å². The normalized spacial score (nSPS) is 16.3. The molecule has 3 rings (SSSR count). The number of benzene rings is 2. The van der Waals surface area contributed by atoms with Gasteiger partial charge in [-0.05, 0) is 48.0 Å². The van der Waals surface area contributed by atoms with Crippen LogP contribution in [0.25, 0.3) is 5.57 Å². The first-order chi connectivity index (χ1) is 12.6. The molecule has 0 aliphatic heterocycles. The Kier molecular flexibility index (Phi) is 6.37. The molecule has 1 nitrogen and oxygen atoms in total. The van der Waals surface area contributed by atoms with Crippen molar-refractivity contribution in [3.05, 3.63) is 99.6 Å². The Balaban J connectivity index is 2.11. The first kappa shape index (κ1) is 19.0. The van der Waals surface area contributed by atoms with E-state index < -0.39 is 0 Å². The van der Waals surface area contributed by atoms with Gasteiger partial charge in [0.15, 0.2) is 0 Å². The molecule has 0 saturated heterocycles. The van der Waals surface area contributed by atoms with Gasteiger partial charge in [0.2, 0.25) is 0 Å². The summed E-state index contributed by atoms with van der Waals surface area (Å²) in [6.45, 7) is 6.44. The fourth-order valence-corrected chi connectivity index (χ4v) is 3.74. The Morgan fingerprint density at radius 1 is 0.923 bits per heavy atom. The van der Waals surface area contributed by atoms with Crippen LogP contribution in [0.5, 0.6) is 0 Å². The molecule has 0 saturated carbocycles. The number of hydrogen-bond acceptors (Lipinski definition) is 1. The molecule has 0 atom stereocenters. The Hall–Kier alpha value is -1.80. The number of halogens is 2. The molecule has 0 spiro atoms. The monoisotopic (exact) mass is 383 g/mol. The summed E-state index contributed by atoms with van der Waals surface area (Å²) < 4.78 is 0. The van der Waals surface area contributed by atoms with Gasteiger partial charge in [-0.15, -0.1) is 0 Å². The Morgan fingerprint density at radius 3 is 2.19 bits per heavy atom. The smallest absolute Gasteiger partial charge is 0.0485 e. The lowest BCUT2D eigenvalue weighted by Gasteiger charge is -2.27. The highest BCUT2D eigenvalue weighted by Crippen LogP contribution is 2.35. The summed E-state index contributed by atoms with van der Waals surface area (Å²) in [6, 6.07) is 16.3. The van der Waals surface area contributed by atoms with E-state index in [9.17, 15) is 0 Å². The van der Waals surface area contributed by atoms with Crippen LogP contribution in [0, 0.1) is 0 Å². The van der Waals surface area contributed by atoms with E-state index in [0.717, 1.165) is 35.4 Å². The first-order valence-corrected chi connectivity index (χ1v) is 9.75. The maximum absolute atomic E-state index is 6.53. The molecule has 1 aliphatic rings. The van der Waals surface area contributed by atoms with Crippen LogP contribution in [-0.4, -0.2) is 24.0 Å². The maximum Gasteiger partial charge on any atom is 0.0485 e. The van der Waals surface area contributed by atoms with Crippen LogP contribution in [0.1, 0.15) is 25.0 Å². The van der Waals surface area contributed by atoms with Gasteiger partial charge in [0, 0.05) is 21.7 Å². The minimum Gasteiger partial charge on any atom is -0.294 e. The molecular weight excluding hydrogens is 361 g/mol. The molecule has 0 aromatic heterocycles. The molecule has 0 radical (unpaired) electrons. The molecular formula is C23H23Cl2N. The Morgan fingerprint density at radius 2 is 1.58 bits per heavy atom. The quantitative estimate of drug-likeness (QED) is 0.559. The van der Waals surface area contributed by atoms with Crippen molar-refractivity contribution < 1.29 is 0 Å². The van der Waals surface area contributed by atoms with Crippen LogP contribution in [-0.2, 0) is 0 Å². The van der Waals surface area contributed by atoms with Crippen LogP contribution in [0.4, 0.5) is 0 Å². The number of nitrogens with zero attached hydrogens (tertiary/aromatic N) is 1. The number of allylic oxidation sites excluding steroid dienone is 3. The molecule has 134 valence electrons. The van der Waals surface area contributed by atoms with Crippen molar-refractivity contribution in [2.24, 2.45) is 0 Å². The van der Waals surface area contributed by atoms with E-state index in [2.05, 4.69) is 55.2 Å². The summed E-state index contributed by atoms with van der Waals surface area (Å²) in [5.74, 6) is 0. The van der Waals surface area contributed by atoms with Crippen molar-refractivity contribution >= 4 is 28.8 Å². The van der Waals surface area contributed by atoms with Crippen LogP contribution < -0.4 is 0 Å². The minimum atomic E-state index is 0.334. The fourth-order valence-electron chi connectivity index (χ4n) is 3.35. The third-order valence-electron chi connectivity index (χ3n) is 4.73. The van der Waals surface area contributed by atoms with Crippen molar-refractivity contribution in [2.75, 3.05) is 13.1 Å². The molecule has 1 aliphatic carbocycles. The predicted molar refractivity (Wildman–Crippen MR) is 114 cm³/mol. The van der Waals surface area contributed by atoms with Crippen molar-refractivity contribution in [1.82, 2.24) is 4.90 Å². The van der Waals surface area contributed by atoms with E-state index in [-0.39, 0.29) is 0 Å². The van der Waals surface area contributed by atoms with Gasteiger partial charge in [-0.3, -0.25) is 4.90 Å². The summed E-state index contributed by atoms with van der Waals surface area (Å²) in [4.78, 5) is 2.42. The van der Waals surface area contributed by atoms with E-state index in [4.69, 9.17) is 23.2 Å². The van der Waals surface area contributed by atoms with Crippen molar-refractivity contribution in [3.63, 3.8) is 0 Å². The molecule has 26 heavy (non-hydrogen) atoms. The lowest BCUT2D eigenvalue weighted by atomic mass is 9.90. The highest BCUT2D eigenvalue weighted by molar-refractivity contribution is 6.34. The van der Waals surface area contributed by atoms with Crippen LogP contribution in [0.2, 0.25) is 10.0 Å². The molecule has 0 fully saturated rings. The van der Waals surface area contributed by atoms with Gasteiger partial charge in [0.05, 0.1) is 0 Å². The fraction of sp³-hybridized carbons (Fsp3) is 0.217. The summed E-state index contributed by atoms with van der Waals surface area (Å²) >= 11 is 12.8. The van der Waals surface area contributed by atoms with Gasteiger partial charge in [-0.2, -0.15) is 0 Å². The highest BCUT2D eigenvalue weighted by Gasteiger charge is 2.17. The topological polar surface area (TPSA) is 3.24 Å². The van der Waals surface area contributed by atoms with Crippen molar-refractivity contribution in [3.8, 4) is 0 Å². The standard InChI is InChI=1S/C23H23Cl2N/c1-3-26(4-2)20-13-10-18(11-14-20)23(17-8-6-5-7-9-17)21-16-19(24)12-15-22(21)25/h5-16,20H,3-4H2,1-2H3. The zero-order chi connectivity index (χ0) is 18.5. The number of rotatable bonds is 5. The summed E-state index contributed by atoms with van der Waals surface area (Å²) in [5, 5.41) is 1.39. The maximum atomic E-state index is 6.53. The Labute approximate surface area is 166 Å². The van der Waals surface area contributed by atoms with E-state index in [1.807, 2.05) is 36.4 Å². The molecule has 0 heterocycles. The van der Waals surface area contributed by atoms with Gasteiger partial charge in [0.1, 0.15) is 0 Å². The third-order valence-corrected chi connectivity index (χ3v) is 5.29. The Bertz CT molecular complexity index is 830. The average Bonchev–Trinajstić information content (AvgIpc) is 2.68. The molecule has 0 N–H and O–H groups in total. The molecule has 0 bridgehead atoms. The van der Waals surface area contributed by atoms with Gasteiger partial charge in [-0.1, -0.05) is 91.7 Å². The largest absolute Gasteiger partial charge is 0.294 e. The second kappa shape index (κ2) is 8.73. The van der Waals surface area contributed by atoms with Crippen LogP contribution >= 0.6 is 23.2 Å². The molecule has 0 amide bonds. The molecule has 0 unspecified atom stereocenters. The SMILES string of the molecule is CCN(CC)C1C=CC(=C(c2ccccc2)c2cc(Cl)ccc2Cl)C=C1. The van der Waals surface area contributed by atoms with Crippen molar-refractivity contribution in [2.45, 2.75) is 19.9 Å². The lowest BCUT2D eigenvalue weighted by Crippen LogP contribution is -2.32. The summed E-state index contributed by atoms with van der Waals surface area (Å²) in [5.41, 5.74) is 4.32. The lowest BCUT2D eigenvalue weighted by molar-refractivity contribution is 0.287. The summed E-state index contributed by atoms with van der Waals surface area (Å²) in [6.07, 6.45) is 8.90. The van der Waals surface area contributed by atoms with Crippen molar-refractivity contribution in [1.29, 1.82) is 0 Å². The second-order valence-corrected chi connectivity index (χ2v) is 7.09. The highest BCUT2D eigenvalue weighted by atomic mass is 35.5. The minimum absolute atomic E-state index is 0.334. The third kappa shape index (κ3) is 4.12. The molecule has 3 heteroatoms. The molecule has 2 aromatic rings. The zero-order valence-electron chi connectivity index (χ0n) is 15.1. The van der Waals surface area contributed by atoms with E-state index >= 15 is 0 Å². The van der Waals surface area contributed by atoms with E-state index in [1.54, 1.807) is 0 Å². The number of likely N-dealkylation sites (N-methyl/N-ethyl adjacent to an activating group) is 1. The first-order valence-electron chi connectivity index (χ1n) is 8.99. The van der Waals surface area contributed by atoms with Gasteiger partial charge in [-0.25, -0.2) is 0 Å². The summed E-state index contributed by atoms with van der Waals surface area (Å²) in [7, 11) is 0. The molecule has 2 aromatic carbocycles.